The van der Waals surface area contributed by atoms with E-state index in [1.54, 1.807) is 0 Å². The SMILES string of the molecule is COC(=O)CC(=O)c1ccc(O)cc1Br. The first-order valence-electron chi connectivity index (χ1n) is 4.13. The first kappa shape index (κ1) is 11.7. The number of benzene rings is 1. The van der Waals surface area contributed by atoms with Gasteiger partial charge >= 0.3 is 5.97 Å². The van der Waals surface area contributed by atoms with Crippen LogP contribution in [-0.4, -0.2) is 24.0 Å². The summed E-state index contributed by atoms with van der Waals surface area (Å²) in [6, 6.07) is 4.23. The maximum Gasteiger partial charge on any atom is 0.313 e. The summed E-state index contributed by atoms with van der Waals surface area (Å²) in [5.41, 5.74) is 0.346. The van der Waals surface area contributed by atoms with Gasteiger partial charge in [0, 0.05) is 10.0 Å². The molecule has 0 saturated heterocycles. The molecule has 0 aromatic heterocycles. The maximum absolute atomic E-state index is 11.5. The van der Waals surface area contributed by atoms with Crippen LogP contribution in [0.5, 0.6) is 5.75 Å². The van der Waals surface area contributed by atoms with Crippen molar-refractivity contribution in [3.05, 3.63) is 28.2 Å². The highest BCUT2D eigenvalue weighted by atomic mass is 79.9. The van der Waals surface area contributed by atoms with Gasteiger partial charge in [0.2, 0.25) is 0 Å². The molecule has 0 saturated carbocycles. The molecule has 0 spiro atoms. The van der Waals surface area contributed by atoms with Crippen molar-refractivity contribution in [3.63, 3.8) is 0 Å². The lowest BCUT2D eigenvalue weighted by Gasteiger charge is -2.03. The second-order valence-electron chi connectivity index (χ2n) is 2.84. The van der Waals surface area contributed by atoms with E-state index in [0.29, 0.717) is 10.0 Å². The predicted octanol–water partition coefficient (Wildman–Crippen LogP) is 1.90. The van der Waals surface area contributed by atoms with E-state index < -0.39 is 5.97 Å². The minimum atomic E-state index is -0.583. The molecule has 0 amide bonds. The van der Waals surface area contributed by atoms with E-state index in [1.165, 1.54) is 25.3 Å². The van der Waals surface area contributed by atoms with Gasteiger partial charge in [0.25, 0.3) is 0 Å². The summed E-state index contributed by atoms with van der Waals surface area (Å²) in [6.45, 7) is 0. The van der Waals surface area contributed by atoms with E-state index in [1.807, 2.05) is 0 Å². The molecule has 0 radical (unpaired) electrons. The molecular formula is C10H9BrO4. The van der Waals surface area contributed by atoms with Crippen molar-refractivity contribution in [2.24, 2.45) is 0 Å². The minimum absolute atomic E-state index is 0.0523. The number of carbonyl (C=O) groups is 2. The van der Waals surface area contributed by atoms with Crippen molar-refractivity contribution in [1.82, 2.24) is 0 Å². The lowest BCUT2D eigenvalue weighted by molar-refractivity contribution is -0.139. The number of methoxy groups -OCH3 is 1. The number of halogens is 1. The second-order valence-corrected chi connectivity index (χ2v) is 3.69. The van der Waals surface area contributed by atoms with Crippen LogP contribution in [0.3, 0.4) is 0 Å². The largest absolute Gasteiger partial charge is 0.508 e. The van der Waals surface area contributed by atoms with E-state index in [9.17, 15) is 9.59 Å². The zero-order valence-corrected chi connectivity index (χ0v) is 9.58. The van der Waals surface area contributed by atoms with Crippen molar-refractivity contribution < 1.29 is 19.4 Å². The number of aromatic hydroxyl groups is 1. The van der Waals surface area contributed by atoms with Crippen LogP contribution in [0.1, 0.15) is 16.8 Å². The molecule has 1 rings (SSSR count). The molecule has 0 aliphatic heterocycles. The average Bonchev–Trinajstić information content (AvgIpc) is 2.17. The van der Waals surface area contributed by atoms with Crippen LogP contribution in [0.2, 0.25) is 0 Å². The predicted molar refractivity (Wildman–Crippen MR) is 56.8 cm³/mol. The number of carbonyl (C=O) groups excluding carboxylic acids is 2. The Morgan fingerprint density at radius 2 is 2.13 bits per heavy atom. The van der Waals surface area contributed by atoms with Gasteiger partial charge in [-0.15, -0.1) is 0 Å². The fourth-order valence-electron chi connectivity index (χ4n) is 1.03. The molecule has 1 N–H and O–H groups in total. The molecule has 80 valence electrons. The third-order valence-electron chi connectivity index (χ3n) is 1.79. The number of phenolic OH excluding ortho intramolecular Hbond substituents is 1. The van der Waals surface area contributed by atoms with E-state index in [2.05, 4.69) is 20.7 Å². The smallest absolute Gasteiger partial charge is 0.313 e. The second kappa shape index (κ2) is 4.93. The van der Waals surface area contributed by atoms with Crippen LogP contribution in [0.4, 0.5) is 0 Å². The fourth-order valence-corrected chi connectivity index (χ4v) is 1.62. The quantitative estimate of drug-likeness (QED) is 0.519. The number of hydrogen-bond donors (Lipinski definition) is 1. The van der Waals surface area contributed by atoms with Gasteiger partial charge in [-0.1, -0.05) is 0 Å². The van der Waals surface area contributed by atoms with Gasteiger partial charge in [-0.25, -0.2) is 0 Å². The fraction of sp³-hybridized carbons (Fsp3) is 0.200. The van der Waals surface area contributed by atoms with Crippen LogP contribution in [0, 0.1) is 0 Å². The van der Waals surface area contributed by atoms with Crippen molar-refractivity contribution in [2.75, 3.05) is 7.11 Å². The summed E-state index contributed by atoms with van der Waals surface area (Å²) in [5.74, 6) is -0.884. The van der Waals surface area contributed by atoms with Gasteiger partial charge in [0.1, 0.15) is 12.2 Å². The van der Waals surface area contributed by atoms with Crippen LogP contribution in [0.15, 0.2) is 22.7 Å². The number of rotatable bonds is 3. The van der Waals surface area contributed by atoms with Crippen molar-refractivity contribution in [3.8, 4) is 5.75 Å². The number of ketones is 1. The molecule has 0 aliphatic carbocycles. The Kier molecular flexibility index (Phi) is 3.85. The number of phenols is 1. The number of Topliss-reactive ketones (excluding diaryl/α,β-unsaturated/α-hetero) is 1. The summed E-state index contributed by atoms with van der Waals surface area (Å²) in [4.78, 5) is 22.4. The zero-order chi connectivity index (χ0) is 11.4. The normalized spacial score (nSPS) is 9.73. The Labute approximate surface area is 95.0 Å². The van der Waals surface area contributed by atoms with E-state index >= 15 is 0 Å². The van der Waals surface area contributed by atoms with Gasteiger partial charge in [-0.3, -0.25) is 9.59 Å². The van der Waals surface area contributed by atoms with Gasteiger partial charge in [-0.05, 0) is 34.1 Å². The first-order chi connectivity index (χ1) is 7.04. The zero-order valence-electron chi connectivity index (χ0n) is 7.99. The van der Waals surface area contributed by atoms with Crippen LogP contribution in [0.25, 0.3) is 0 Å². The Hall–Kier alpha value is -1.36. The maximum atomic E-state index is 11.5. The van der Waals surface area contributed by atoms with Crippen LogP contribution in [-0.2, 0) is 9.53 Å². The molecule has 0 unspecified atom stereocenters. The van der Waals surface area contributed by atoms with Gasteiger partial charge in [-0.2, -0.15) is 0 Å². The van der Waals surface area contributed by atoms with Crippen molar-refractivity contribution >= 4 is 27.7 Å². The number of hydrogen-bond acceptors (Lipinski definition) is 4. The summed E-state index contributed by atoms with van der Waals surface area (Å²) >= 11 is 3.13. The lowest BCUT2D eigenvalue weighted by atomic mass is 10.1. The topological polar surface area (TPSA) is 63.6 Å². The molecule has 0 aliphatic rings. The Bertz CT molecular complexity index is 400. The highest BCUT2D eigenvalue weighted by Crippen LogP contribution is 2.23. The van der Waals surface area contributed by atoms with Gasteiger partial charge < -0.3 is 9.84 Å². The molecule has 0 fully saturated rings. The summed E-state index contributed by atoms with van der Waals surface area (Å²) in [6.07, 6.45) is -0.306. The molecule has 0 heterocycles. The van der Waals surface area contributed by atoms with Crippen molar-refractivity contribution in [1.29, 1.82) is 0 Å². The molecule has 5 heteroatoms. The molecule has 4 nitrogen and oxygen atoms in total. The van der Waals surface area contributed by atoms with E-state index in [-0.39, 0.29) is 18.0 Å². The van der Waals surface area contributed by atoms with E-state index in [4.69, 9.17) is 5.11 Å². The standard InChI is InChI=1S/C10H9BrO4/c1-15-10(14)5-9(13)7-3-2-6(12)4-8(7)11/h2-4,12H,5H2,1H3. The number of ether oxygens (including phenoxy) is 1. The molecule has 1 aromatic rings. The molecule has 1 aromatic carbocycles. The number of esters is 1. The molecule has 15 heavy (non-hydrogen) atoms. The Morgan fingerprint density at radius 1 is 1.47 bits per heavy atom. The minimum Gasteiger partial charge on any atom is -0.508 e. The molecule has 0 bridgehead atoms. The third-order valence-corrected chi connectivity index (χ3v) is 2.44. The summed E-state index contributed by atoms with van der Waals surface area (Å²) in [5, 5.41) is 9.11. The Balaban J connectivity index is 2.87. The molecule has 0 atom stereocenters. The third kappa shape index (κ3) is 3.06. The highest BCUT2D eigenvalue weighted by molar-refractivity contribution is 9.10. The Morgan fingerprint density at radius 3 is 2.67 bits per heavy atom. The van der Waals surface area contributed by atoms with Gasteiger partial charge in [0.15, 0.2) is 5.78 Å². The van der Waals surface area contributed by atoms with Gasteiger partial charge in [0.05, 0.1) is 7.11 Å². The lowest BCUT2D eigenvalue weighted by Crippen LogP contribution is -2.09. The monoisotopic (exact) mass is 272 g/mol. The van der Waals surface area contributed by atoms with Crippen LogP contribution < -0.4 is 0 Å². The highest BCUT2D eigenvalue weighted by Gasteiger charge is 2.14. The van der Waals surface area contributed by atoms with Crippen LogP contribution >= 0.6 is 15.9 Å². The molecular weight excluding hydrogens is 264 g/mol. The average molecular weight is 273 g/mol. The summed E-state index contributed by atoms with van der Waals surface area (Å²) in [7, 11) is 1.22. The van der Waals surface area contributed by atoms with Crippen molar-refractivity contribution in [2.45, 2.75) is 6.42 Å². The summed E-state index contributed by atoms with van der Waals surface area (Å²) < 4.78 is 4.84. The first-order valence-corrected chi connectivity index (χ1v) is 4.92. The van der Waals surface area contributed by atoms with E-state index in [0.717, 1.165) is 0 Å².